The van der Waals surface area contributed by atoms with Gasteiger partial charge in [0.15, 0.2) is 0 Å². The van der Waals surface area contributed by atoms with E-state index in [0.717, 1.165) is 42.2 Å². The maximum absolute atomic E-state index is 12.6. The van der Waals surface area contributed by atoms with Gasteiger partial charge in [-0.1, -0.05) is 24.3 Å². The van der Waals surface area contributed by atoms with Crippen molar-refractivity contribution in [1.82, 2.24) is 9.80 Å². The van der Waals surface area contributed by atoms with Gasteiger partial charge in [-0.15, -0.1) is 0 Å². The Hall–Kier alpha value is -2.53. The maximum atomic E-state index is 12.6. The second kappa shape index (κ2) is 7.38. The molecule has 2 heterocycles. The van der Waals surface area contributed by atoms with Gasteiger partial charge < -0.3 is 15.0 Å². The highest BCUT2D eigenvalue weighted by Crippen LogP contribution is 2.26. The van der Waals surface area contributed by atoms with Gasteiger partial charge in [0.05, 0.1) is 7.11 Å². The third-order valence-electron chi connectivity index (χ3n) is 5.41. The lowest BCUT2D eigenvalue weighted by Crippen LogP contribution is -2.53. The number of urea groups is 1. The van der Waals surface area contributed by atoms with Gasteiger partial charge in [0.1, 0.15) is 5.75 Å². The number of methoxy groups -OCH3 is 1. The molecule has 2 aromatic carbocycles. The SMILES string of the molecule is COc1cccc(-c2ccc(NC(=O)N3CCN4CCC[C@@H]4C3)cc2)c1. The van der Waals surface area contributed by atoms with Crippen molar-refractivity contribution in [2.75, 3.05) is 38.6 Å². The van der Waals surface area contributed by atoms with Crippen molar-refractivity contribution >= 4 is 11.7 Å². The first-order valence-electron chi connectivity index (χ1n) is 9.27. The first-order valence-corrected chi connectivity index (χ1v) is 9.27. The predicted octanol–water partition coefficient (Wildman–Crippen LogP) is 3.67. The molecular weight excluding hydrogens is 326 g/mol. The monoisotopic (exact) mass is 351 g/mol. The van der Waals surface area contributed by atoms with E-state index in [1.54, 1.807) is 7.11 Å². The van der Waals surface area contributed by atoms with Crippen LogP contribution in [0.2, 0.25) is 0 Å². The molecule has 1 N–H and O–H groups in total. The summed E-state index contributed by atoms with van der Waals surface area (Å²) in [6.45, 7) is 3.83. The zero-order chi connectivity index (χ0) is 17.9. The van der Waals surface area contributed by atoms with E-state index >= 15 is 0 Å². The number of fused-ring (bicyclic) bond motifs is 1. The molecule has 26 heavy (non-hydrogen) atoms. The molecule has 2 aliphatic rings. The molecule has 2 aliphatic heterocycles. The van der Waals surface area contributed by atoms with Crippen LogP contribution >= 0.6 is 0 Å². The van der Waals surface area contributed by atoms with E-state index in [4.69, 9.17) is 4.74 Å². The molecule has 136 valence electrons. The Kier molecular flexibility index (Phi) is 4.80. The minimum Gasteiger partial charge on any atom is -0.497 e. The molecule has 0 radical (unpaired) electrons. The molecule has 2 fully saturated rings. The zero-order valence-electron chi connectivity index (χ0n) is 15.1. The number of nitrogens with one attached hydrogen (secondary N) is 1. The Morgan fingerprint density at radius 2 is 1.92 bits per heavy atom. The topological polar surface area (TPSA) is 44.8 Å². The van der Waals surface area contributed by atoms with Gasteiger partial charge in [-0.2, -0.15) is 0 Å². The Labute approximate surface area is 154 Å². The number of carbonyl (C=O) groups excluding carboxylic acids is 1. The van der Waals surface area contributed by atoms with Crippen molar-refractivity contribution in [3.8, 4) is 16.9 Å². The van der Waals surface area contributed by atoms with Crippen LogP contribution in [0.3, 0.4) is 0 Å². The summed E-state index contributed by atoms with van der Waals surface area (Å²) < 4.78 is 5.28. The number of hydrogen-bond acceptors (Lipinski definition) is 3. The summed E-state index contributed by atoms with van der Waals surface area (Å²) >= 11 is 0. The average molecular weight is 351 g/mol. The molecule has 0 spiro atoms. The van der Waals surface area contributed by atoms with E-state index in [-0.39, 0.29) is 6.03 Å². The second-order valence-electron chi connectivity index (χ2n) is 7.02. The maximum Gasteiger partial charge on any atom is 0.321 e. The second-order valence-corrected chi connectivity index (χ2v) is 7.02. The molecule has 5 heteroatoms. The number of hydrogen-bond donors (Lipinski definition) is 1. The minimum absolute atomic E-state index is 0.00526. The van der Waals surface area contributed by atoms with E-state index in [9.17, 15) is 4.79 Å². The molecule has 0 bridgehead atoms. The first-order chi connectivity index (χ1) is 12.7. The molecule has 2 aromatic rings. The first kappa shape index (κ1) is 16.9. The Morgan fingerprint density at radius 1 is 1.08 bits per heavy atom. The van der Waals surface area contributed by atoms with Gasteiger partial charge in [-0.25, -0.2) is 4.79 Å². The van der Waals surface area contributed by atoms with Crippen LogP contribution in [0.5, 0.6) is 5.75 Å². The van der Waals surface area contributed by atoms with E-state index < -0.39 is 0 Å². The normalized spacial score (nSPS) is 19.9. The lowest BCUT2D eigenvalue weighted by Gasteiger charge is -2.37. The van der Waals surface area contributed by atoms with Crippen molar-refractivity contribution in [2.45, 2.75) is 18.9 Å². The van der Waals surface area contributed by atoms with Crippen molar-refractivity contribution in [3.05, 3.63) is 48.5 Å². The van der Waals surface area contributed by atoms with Crippen LogP contribution in [0, 0.1) is 0 Å². The predicted molar refractivity (Wildman–Crippen MR) is 104 cm³/mol. The molecule has 4 rings (SSSR count). The molecule has 5 nitrogen and oxygen atoms in total. The molecule has 2 amide bonds. The molecule has 1 atom stereocenters. The zero-order valence-corrected chi connectivity index (χ0v) is 15.1. The number of amides is 2. The quantitative estimate of drug-likeness (QED) is 0.918. The van der Waals surface area contributed by atoms with Crippen LogP contribution in [-0.2, 0) is 0 Å². The van der Waals surface area contributed by atoms with E-state index in [1.165, 1.54) is 19.4 Å². The minimum atomic E-state index is 0.00526. The van der Waals surface area contributed by atoms with Gasteiger partial charge in [0, 0.05) is 31.4 Å². The summed E-state index contributed by atoms with van der Waals surface area (Å²) in [5.74, 6) is 0.839. The summed E-state index contributed by atoms with van der Waals surface area (Å²) in [5, 5.41) is 3.04. The fourth-order valence-electron chi connectivity index (χ4n) is 3.93. The molecule has 0 saturated carbocycles. The summed E-state index contributed by atoms with van der Waals surface area (Å²) in [6.07, 6.45) is 2.46. The molecule has 0 aliphatic carbocycles. The third-order valence-corrected chi connectivity index (χ3v) is 5.41. The van der Waals surface area contributed by atoms with Gasteiger partial charge in [-0.3, -0.25) is 4.90 Å². The van der Waals surface area contributed by atoms with Gasteiger partial charge in [-0.05, 0) is 54.8 Å². The number of anilines is 1. The van der Waals surface area contributed by atoms with Crippen LogP contribution in [0.4, 0.5) is 10.5 Å². The number of carbonyl (C=O) groups is 1. The van der Waals surface area contributed by atoms with Gasteiger partial charge in [0.25, 0.3) is 0 Å². The highest BCUT2D eigenvalue weighted by molar-refractivity contribution is 5.89. The van der Waals surface area contributed by atoms with Crippen LogP contribution < -0.4 is 10.1 Å². The lowest BCUT2D eigenvalue weighted by molar-refractivity contribution is 0.124. The molecule has 0 unspecified atom stereocenters. The van der Waals surface area contributed by atoms with Crippen molar-refractivity contribution in [3.63, 3.8) is 0 Å². The van der Waals surface area contributed by atoms with E-state index in [1.807, 2.05) is 47.4 Å². The molecule has 2 saturated heterocycles. The third kappa shape index (κ3) is 3.53. The fraction of sp³-hybridized carbons (Fsp3) is 0.381. The van der Waals surface area contributed by atoms with Crippen molar-refractivity contribution in [1.29, 1.82) is 0 Å². The Bertz CT molecular complexity index is 775. The summed E-state index contributed by atoms with van der Waals surface area (Å²) in [7, 11) is 1.67. The number of piperazine rings is 1. The Morgan fingerprint density at radius 3 is 2.73 bits per heavy atom. The highest BCUT2D eigenvalue weighted by Gasteiger charge is 2.32. The van der Waals surface area contributed by atoms with Gasteiger partial charge in [0.2, 0.25) is 0 Å². The van der Waals surface area contributed by atoms with Crippen LogP contribution in [-0.4, -0.2) is 55.2 Å². The standard InChI is InChI=1S/C21H25N3O2/c1-26-20-6-2-4-17(14-20)16-7-9-18(10-8-16)22-21(25)24-13-12-23-11-3-5-19(23)15-24/h2,4,6-10,14,19H,3,5,11-13,15H2,1H3,(H,22,25)/t19-/m1/s1. The van der Waals surface area contributed by atoms with Crippen molar-refractivity contribution in [2.24, 2.45) is 0 Å². The van der Waals surface area contributed by atoms with Crippen LogP contribution in [0.25, 0.3) is 11.1 Å². The Balaban J connectivity index is 1.40. The highest BCUT2D eigenvalue weighted by atomic mass is 16.5. The number of rotatable bonds is 3. The smallest absolute Gasteiger partial charge is 0.321 e. The summed E-state index contributed by atoms with van der Waals surface area (Å²) in [5.41, 5.74) is 3.02. The number of benzene rings is 2. The van der Waals surface area contributed by atoms with Gasteiger partial charge >= 0.3 is 6.03 Å². The largest absolute Gasteiger partial charge is 0.497 e. The summed E-state index contributed by atoms with van der Waals surface area (Å²) in [4.78, 5) is 17.0. The van der Waals surface area contributed by atoms with Crippen LogP contribution in [0.1, 0.15) is 12.8 Å². The number of nitrogens with zero attached hydrogens (tertiary/aromatic N) is 2. The van der Waals surface area contributed by atoms with E-state index in [2.05, 4.69) is 16.3 Å². The van der Waals surface area contributed by atoms with Crippen LogP contribution in [0.15, 0.2) is 48.5 Å². The summed E-state index contributed by atoms with van der Waals surface area (Å²) in [6, 6.07) is 16.5. The molecule has 0 aromatic heterocycles. The fourth-order valence-corrected chi connectivity index (χ4v) is 3.93. The van der Waals surface area contributed by atoms with Crippen molar-refractivity contribution < 1.29 is 9.53 Å². The number of ether oxygens (including phenoxy) is 1. The average Bonchev–Trinajstić information content (AvgIpc) is 3.16. The molecular formula is C21H25N3O2. The van der Waals surface area contributed by atoms with E-state index in [0.29, 0.717) is 6.04 Å². The lowest BCUT2D eigenvalue weighted by atomic mass is 10.1.